The van der Waals surface area contributed by atoms with Crippen molar-refractivity contribution in [2.75, 3.05) is 25.6 Å². The zero-order chi connectivity index (χ0) is 11.4. The number of aryl methyl sites for hydroxylation is 1. The van der Waals surface area contributed by atoms with Gasteiger partial charge in [0, 0.05) is 25.4 Å². The van der Waals surface area contributed by atoms with Crippen molar-refractivity contribution < 1.29 is 9.92 Å². The van der Waals surface area contributed by atoms with Crippen LogP contribution in [0, 0.1) is 17.0 Å². The van der Waals surface area contributed by atoms with Crippen molar-refractivity contribution in [1.29, 1.82) is 0 Å². The average Bonchev–Trinajstić information content (AvgIpc) is 2.47. The summed E-state index contributed by atoms with van der Waals surface area (Å²) in [4.78, 5) is 21.5. The lowest BCUT2D eigenvalue weighted by Gasteiger charge is -2.05. The molecule has 0 aromatic carbocycles. The quantitative estimate of drug-likeness (QED) is 0.564. The Labute approximate surface area is 91.6 Å². The molecule has 0 bridgehead atoms. The molecule has 1 rings (SSSR count). The first-order chi connectivity index (χ1) is 7.00. The molecule has 0 spiro atoms. The predicted octanol–water partition coefficient (Wildman–Crippen LogP) is 1.27. The molecular weight excluding hydrogens is 218 g/mol. The molecule has 1 heterocycles. The van der Waals surface area contributed by atoms with Crippen molar-refractivity contribution in [1.82, 2.24) is 4.98 Å². The summed E-state index contributed by atoms with van der Waals surface area (Å²) >= 11 is 1.53. The highest BCUT2D eigenvalue weighted by atomic mass is 32.1. The molecule has 6 nitrogen and oxygen atoms in total. The fourth-order valence-corrected chi connectivity index (χ4v) is 2.01. The van der Waals surface area contributed by atoms with Gasteiger partial charge in [-0.2, -0.15) is 0 Å². The van der Waals surface area contributed by atoms with Gasteiger partial charge in [-0.15, -0.1) is 21.5 Å². The third kappa shape index (κ3) is 3.35. The molecular formula is C8H13N3O3S. The van der Waals surface area contributed by atoms with Crippen LogP contribution in [0.3, 0.4) is 0 Å². The van der Waals surface area contributed by atoms with E-state index in [4.69, 9.17) is 0 Å². The Morgan fingerprint density at radius 2 is 2.27 bits per heavy atom. The Kier molecular flexibility index (Phi) is 3.84. The first-order valence-electron chi connectivity index (χ1n) is 4.41. The van der Waals surface area contributed by atoms with Gasteiger partial charge in [-0.1, -0.05) is 0 Å². The van der Waals surface area contributed by atoms with Crippen LogP contribution in [0.1, 0.15) is 10.6 Å². The molecule has 0 saturated carbocycles. The van der Waals surface area contributed by atoms with E-state index in [-0.39, 0.29) is 6.61 Å². The molecule has 7 heteroatoms. The van der Waals surface area contributed by atoms with E-state index in [0.29, 0.717) is 6.42 Å². The highest BCUT2D eigenvalue weighted by Gasteiger charge is 2.09. The van der Waals surface area contributed by atoms with Crippen LogP contribution in [0.25, 0.3) is 0 Å². The average molecular weight is 231 g/mol. The third-order valence-corrected chi connectivity index (χ3v) is 3.17. The SMILES string of the molecule is Cc1nc(N(C)C)sc1CCO[N+](=O)[O-]. The number of anilines is 1. The Morgan fingerprint density at radius 1 is 1.60 bits per heavy atom. The molecule has 0 atom stereocenters. The molecule has 0 saturated heterocycles. The number of nitrogens with zero attached hydrogens (tertiary/aromatic N) is 3. The minimum absolute atomic E-state index is 0.0862. The van der Waals surface area contributed by atoms with Crippen molar-refractivity contribution in [2.45, 2.75) is 13.3 Å². The van der Waals surface area contributed by atoms with Gasteiger partial charge in [-0.25, -0.2) is 4.98 Å². The second-order valence-corrected chi connectivity index (χ2v) is 4.27. The van der Waals surface area contributed by atoms with Gasteiger partial charge in [0.1, 0.15) is 6.61 Å². The van der Waals surface area contributed by atoms with Crippen LogP contribution in [0.15, 0.2) is 0 Å². The fourth-order valence-electron chi connectivity index (χ4n) is 1.05. The van der Waals surface area contributed by atoms with E-state index < -0.39 is 5.09 Å². The normalized spacial score (nSPS) is 10.1. The Balaban J connectivity index is 2.57. The fraction of sp³-hybridized carbons (Fsp3) is 0.625. The van der Waals surface area contributed by atoms with Crippen molar-refractivity contribution in [2.24, 2.45) is 0 Å². The molecule has 0 unspecified atom stereocenters. The molecule has 0 fully saturated rings. The van der Waals surface area contributed by atoms with Crippen molar-refractivity contribution >= 4 is 16.5 Å². The maximum atomic E-state index is 9.95. The third-order valence-electron chi connectivity index (χ3n) is 1.79. The first kappa shape index (κ1) is 11.7. The lowest BCUT2D eigenvalue weighted by molar-refractivity contribution is -0.757. The van der Waals surface area contributed by atoms with Gasteiger partial charge >= 0.3 is 0 Å². The largest absolute Gasteiger partial charge is 0.354 e. The summed E-state index contributed by atoms with van der Waals surface area (Å²) in [5, 5.41) is 10.1. The van der Waals surface area contributed by atoms with Crippen LogP contribution >= 0.6 is 11.3 Å². The topological polar surface area (TPSA) is 68.5 Å². The Morgan fingerprint density at radius 3 is 2.73 bits per heavy atom. The Hall–Kier alpha value is -1.37. The maximum absolute atomic E-state index is 9.95. The van der Waals surface area contributed by atoms with Crippen molar-refractivity contribution in [3.05, 3.63) is 20.7 Å². The van der Waals surface area contributed by atoms with Crippen LogP contribution in [0.2, 0.25) is 0 Å². The molecule has 1 aromatic heterocycles. The second kappa shape index (κ2) is 4.92. The summed E-state index contributed by atoms with van der Waals surface area (Å²) in [6, 6.07) is 0. The van der Waals surface area contributed by atoms with E-state index >= 15 is 0 Å². The molecule has 0 aliphatic carbocycles. The summed E-state index contributed by atoms with van der Waals surface area (Å²) in [6.07, 6.45) is 0.526. The summed E-state index contributed by atoms with van der Waals surface area (Å²) in [5.74, 6) is 0. The van der Waals surface area contributed by atoms with Gasteiger partial charge in [0.2, 0.25) is 0 Å². The molecule has 0 radical (unpaired) electrons. The molecule has 0 aliphatic heterocycles. The van der Waals surface area contributed by atoms with Crippen LogP contribution in [0.4, 0.5) is 5.13 Å². The van der Waals surface area contributed by atoms with E-state index in [1.54, 1.807) is 0 Å². The smallest absolute Gasteiger partial charge is 0.294 e. The van der Waals surface area contributed by atoms with E-state index in [1.807, 2.05) is 25.9 Å². The molecule has 0 aliphatic rings. The zero-order valence-electron chi connectivity index (χ0n) is 8.89. The molecule has 15 heavy (non-hydrogen) atoms. The lowest BCUT2D eigenvalue weighted by atomic mass is 10.3. The van der Waals surface area contributed by atoms with Gasteiger partial charge in [0.25, 0.3) is 5.09 Å². The number of aromatic nitrogens is 1. The Bertz CT molecular complexity index is 351. The minimum Gasteiger partial charge on any atom is -0.354 e. The number of hydrogen-bond acceptors (Lipinski definition) is 6. The monoisotopic (exact) mass is 231 g/mol. The number of rotatable bonds is 5. The summed E-state index contributed by atoms with van der Waals surface area (Å²) in [6.45, 7) is 1.98. The highest BCUT2D eigenvalue weighted by molar-refractivity contribution is 7.15. The first-order valence-corrected chi connectivity index (χ1v) is 5.23. The zero-order valence-corrected chi connectivity index (χ0v) is 9.71. The van der Waals surface area contributed by atoms with E-state index in [1.165, 1.54) is 11.3 Å². The van der Waals surface area contributed by atoms with Gasteiger partial charge < -0.3 is 9.74 Å². The highest BCUT2D eigenvalue weighted by Crippen LogP contribution is 2.24. The maximum Gasteiger partial charge on any atom is 0.294 e. The summed E-state index contributed by atoms with van der Waals surface area (Å²) < 4.78 is 0. The minimum atomic E-state index is -0.775. The van der Waals surface area contributed by atoms with Gasteiger partial charge in [0.15, 0.2) is 5.13 Å². The van der Waals surface area contributed by atoms with Gasteiger partial charge in [0.05, 0.1) is 5.69 Å². The summed E-state index contributed by atoms with van der Waals surface area (Å²) in [7, 11) is 3.82. The van der Waals surface area contributed by atoms with Crippen LogP contribution < -0.4 is 4.90 Å². The van der Waals surface area contributed by atoms with Crippen LogP contribution in [0.5, 0.6) is 0 Å². The van der Waals surface area contributed by atoms with Gasteiger partial charge in [-0.3, -0.25) is 0 Å². The van der Waals surface area contributed by atoms with E-state index in [2.05, 4.69) is 9.82 Å². The number of hydrogen-bond donors (Lipinski definition) is 0. The number of thiazole rings is 1. The molecule has 0 N–H and O–H groups in total. The summed E-state index contributed by atoms with van der Waals surface area (Å²) in [5.41, 5.74) is 0.913. The molecule has 0 amide bonds. The van der Waals surface area contributed by atoms with Crippen molar-refractivity contribution in [3.63, 3.8) is 0 Å². The molecule has 1 aromatic rings. The standard InChI is InChI=1S/C8H13N3O3S/c1-6-7(4-5-14-11(12)13)15-8(9-6)10(2)3/h4-5H2,1-3H3. The van der Waals surface area contributed by atoms with E-state index in [9.17, 15) is 10.1 Å². The van der Waals surface area contributed by atoms with E-state index in [0.717, 1.165) is 15.7 Å². The van der Waals surface area contributed by atoms with Gasteiger partial charge in [-0.05, 0) is 6.92 Å². The van der Waals surface area contributed by atoms with Crippen LogP contribution in [-0.4, -0.2) is 30.8 Å². The molecule has 84 valence electrons. The van der Waals surface area contributed by atoms with Crippen LogP contribution in [-0.2, 0) is 11.3 Å². The predicted molar refractivity (Wildman–Crippen MR) is 57.8 cm³/mol. The lowest BCUT2D eigenvalue weighted by Crippen LogP contribution is -2.07. The van der Waals surface area contributed by atoms with Crippen molar-refractivity contribution in [3.8, 4) is 0 Å². The second-order valence-electron chi connectivity index (χ2n) is 3.21.